The highest BCUT2D eigenvalue weighted by Gasteiger charge is 2.07. The molecule has 0 aliphatic carbocycles. The molecule has 0 aliphatic rings. The van der Waals surface area contributed by atoms with E-state index in [2.05, 4.69) is 20.9 Å². The van der Waals surface area contributed by atoms with Crippen molar-refractivity contribution in [3.63, 3.8) is 0 Å². The predicted octanol–water partition coefficient (Wildman–Crippen LogP) is 1.28. The van der Waals surface area contributed by atoms with Crippen molar-refractivity contribution in [3.8, 4) is 5.75 Å². The standard InChI is InChI=1S/C16H25FN4O2/c1-4-18-15(22)11-21-16(19-5-2)20-10-12(3)23-14-8-6-7-13(17)9-14/h6-9,12H,4-5,10-11H2,1-3H3,(H,18,22)(H2,19,20,21). The molecule has 0 spiro atoms. The van der Waals surface area contributed by atoms with E-state index in [1.165, 1.54) is 12.1 Å². The molecule has 1 atom stereocenters. The summed E-state index contributed by atoms with van der Waals surface area (Å²) in [4.78, 5) is 15.6. The summed E-state index contributed by atoms with van der Waals surface area (Å²) in [5.41, 5.74) is 0. The van der Waals surface area contributed by atoms with E-state index in [-0.39, 0.29) is 24.4 Å². The number of amides is 1. The summed E-state index contributed by atoms with van der Waals surface area (Å²) < 4.78 is 18.7. The van der Waals surface area contributed by atoms with Gasteiger partial charge in [0, 0.05) is 19.2 Å². The van der Waals surface area contributed by atoms with Crippen LogP contribution in [0.2, 0.25) is 0 Å². The minimum atomic E-state index is -0.334. The molecule has 6 nitrogen and oxygen atoms in total. The first-order valence-electron chi connectivity index (χ1n) is 7.76. The summed E-state index contributed by atoms with van der Waals surface area (Å²) in [6.07, 6.45) is -0.190. The molecule has 0 saturated carbocycles. The van der Waals surface area contributed by atoms with Crippen LogP contribution in [0.15, 0.2) is 29.3 Å². The predicted molar refractivity (Wildman–Crippen MR) is 89.2 cm³/mol. The van der Waals surface area contributed by atoms with Crippen LogP contribution in [0.4, 0.5) is 4.39 Å². The lowest BCUT2D eigenvalue weighted by atomic mass is 10.3. The first-order valence-corrected chi connectivity index (χ1v) is 7.76. The monoisotopic (exact) mass is 324 g/mol. The Kier molecular flexibility index (Phi) is 8.49. The zero-order valence-corrected chi connectivity index (χ0v) is 13.9. The number of rotatable bonds is 8. The normalized spacial score (nSPS) is 12.4. The molecule has 0 aliphatic heterocycles. The quantitative estimate of drug-likeness (QED) is 0.497. The molecule has 0 saturated heterocycles. The van der Waals surface area contributed by atoms with Crippen LogP contribution >= 0.6 is 0 Å². The fourth-order valence-electron chi connectivity index (χ4n) is 1.80. The molecule has 0 radical (unpaired) electrons. The molecule has 1 aromatic rings. The van der Waals surface area contributed by atoms with E-state index in [0.29, 0.717) is 31.3 Å². The van der Waals surface area contributed by atoms with Gasteiger partial charge in [0.2, 0.25) is 5.91 Å². The van der Waals surface area contributed by atoms with Gasteiger partial charge in [-0.25, -0.2) is 9.38 Å². The maximum absolute atomic E-state index is 13.1. The molecule has 0 aromatic heterocycles. The molecule has 128 valence electrons. The van der Waals surface area contributed by atoms with E-state index in [1.807, 2.05) is 20.8 Å². The molecule has 3 N–H and O–H groups in total. The van der Waals surface area contributed by atoms with Crippen LogP contribution < -0.4 is 20.7 Å². The van der Waals surface area contributed by atoms with Crippen molar-refractivity contribution in [3.05, 3.63) is 30.1 Å². The third-order valence-corrected chi connectivity index (χ3v) is 2.79. The molecule has 1 aromatic carbocycles. The maximum atomic E-state index is 13.1. The van der Waals surface area contributed by atoms with Gasteiger partial charge in [-0.05, 0) is 32.9 Å². The Bertz CT molecular complexity index is 523. The zero-order chi connectivity index (χ0) is 17.1. The van der Waals surface area contributed by atoms with Crippen molar-refractivity contribution < 1.29 is 13.9 Å². The molecule has 23 heavy (non-hydrogen) atoms. The smallest absolute Gasteiger partial charge is 0.241 e. The summed E-state index contributed by atoms with van der Waals surface area (Å²) in [7, 11) is 0. The average Bonchev–Trinajstić information content (AvgIpc) is 2.50. The van der Waals surface area contributed by atoms with Gasteiger partial charge in [0.25, 0.3) is 0 Å². The third-order valence-electron chi connectivity index (χ3n) is 2.79. The van der Waals surface area contributed by atoms with Gasteiger partial charge < -0.3 is 20.7 Å². The Balaban J connectivity index is 2.47. The van der Waals surface area contributed by atoms with Crippen LogP contribution in [0, 0.1) is 5.82 Å². The van der Waals surface area contributed by atoms with E-state index in [9.17, 15) is 9.18 Å². The molecule has 1 rings (SSSR count). The molecule has 0 heterocycles. The zero-order valence-electron chi connectivity index (χ0n) is 13.9. The van der Waals surface area contributed by atoms with E-state index in [1.54, 1.807) is 12.1 Å². The van der Waals surface area contributed by atoms with Crippen molar-refractivity contribution in [2.75, 3.05) is 26.2 Å². The Morgan fingerprint density at radius 3 is 2.65 bits per heavy atom. The van der Waals surface area contributed by atoms with Crippen molar-refractivity contribution in [2.24, 2.45) is 4.99 Å². The highest BCUT2D eigenvalue weighted by molar-refractivity contribution is 5.84. The highest BCUT2D eigenvalue weighted by Crippen LogP contribution is 2.13. The lowest BCUT2D eigenvalue weighted by molar-refractivity contribution is -0.119. The number of hydrogen-bond acceptors (Lipinski definition) is 3. The summed E-state index contributed by atoms with van der Waals surface area (Å²) in [6, 6.07) is 6.01. The van der Waals surface area contributed by atoms with Crippen molar-refractivity contribution in [1.82, 2.24) is 16.0 Å². The molecular weight excluding hydrogens is 299 g/mol. The van der Waals surface area contributed by atoms with Gasteiger partial charge in [0.05, 0.1) is 6.54 Å². The fraction of sp³-hybridized carbons (Fsp3) is 0.500. The second-order valence-electron chi connectivity index (χ2n) is 4.92. The third kappa shape index (κ3) is 8.04. The molecule has 1 amide bonds. The first kappa shape index (κ1) is 18.7. The topological polar surface area (TPSA) is 74.8 Å². The Hall–Kier alpha value is -2.31. The highest BCUT2D eigenvalue weighted by atomic mass is 19.1. The number of nitrogens with zero attached hydrogens (tertiary/aromatic N) is 1. The number of aliphatic imine (C=N–C) groups is 1. The molecule has 7 heteroatoms. The van der Waals surface area contributed by atoms with Crippen molar-refractivity contribution in [1.29, 1.82) is 0 Å². The van der Waals surface area contributed by atoms with Crippen LogP contribution in [0.1, 0.15) is 20.8 Å². The van der Waals surface area contributed by atoms with Gasteiger partial charge in [-0.3, -0.25) is 4.79 Å². The summed E-state index contributed by atoms with van der Waals surface area (Å²) >= 11 is 0. The number of benzene rings is 1. The van der Waals surface area contributed by atoms with Crippen molar-refractivity contribution >= 4 is 11.9 Å². The first-order chi connectivity index (χ1) is 11.0. The second-order valence-corrected chi connectivity index (χ2v) is 4.92. The lowest BCUT2D eigenvalue weighted by Crippen LogP contribution is -2.42. The summed E-state index contributed by atoms with van der Waals surface area (Å²) in [6.45, 7) is 7.45. The summed E-state index contributed by atoms with van der Waals surface area (Å²) in [5.74, 6) is 0.547. The van der Waals surface area contributed by atoms with Gasteiger partial charge in [0.1, 0.15) is 24.2 Å². The van der Waals surface area contributed by atoms with Gasteiger partial charge in [-0.1, -0.05) is 6.07 Å². The van der Waals surface area contributed by atoms with Gasteiger partial charge in [0.15, 0.2) is 5.96 Å². The number of likely N-dealkylation sites (N-methyl/N-ethyl adjacent to an activating group) is 1. The molecule has 1 unspecified atom stereocenters. The van der Waals surface area contributed by atoms with Crippen LogP contribution in [0.25, 0.3) is 0 Å². The molecule has 0 bridgehead atoms. The van der Waals surface area contributed by atoms with E-state index in [4.69, 9.17) is 4.74 Å². The molecular formula is C16H25FN4O2. The number of carbonyl (C=O) groups is 1. The van der Waals surface area contributed by atoms with Crippen LogP contribution in [-0.4, -0.2) is 44.1 Å². The Labute approximate surface area is 136 Å². The van der Waals surface area contributed by atoms with Gasteiger partial charge >= 0.3 is 0 Å². The van der Waals surface area contributed by atoms with E-state index in [0.717, 1.165) is 0 Å². The number of halogens is 1. The second kappa shape index (κ2) is 10.4. The fourth-order valence-corrected chi connectivity index (χ4v) is 1.80. The number of carbonyl (C=O) groups excluding carboxylic acids is 1. The minimum Gasteiger partial charge on any atom is -0.489 e. The van der Waals surface area contributed by atoms with Gasteiger partial charge in [-0.2, -0.15) is 0 Å². The van der Waals surface area contributed by atoms with Crippen LogP contribution in [0.5, 0.6) is 5.75 Å². The number of hydrogen-bond donors (Lipinski definition) is 3. The minimum absolute atomic E-state index is 0.0578. The Morgan fingerprint density at radius 1 is 1.26 bits per heavy atom. The van der Waals surface area contributed by atoms with Crippen LogP contribution in [-0.2, 0) is 4.79 Å². The average molecular weight is 324 g/mol. The number of nitrogens with one attached hydrogen (secondary N) is 3. The SMILES string of the molecule is CCNC(=O)CN=C(NCC)NCC(C)Oc1cccc(F)c1. The number of guanidine groups is 1. The van der Waals surface area contributed by atoms with Crippen molar-refractivity contribution in [2.45, 2.75) is 26.9 Å². The Morgan fingerprint density at radius 2 is 2.00 bits per heavy atom. The van der Waals surface area contributed by atoms with Gasteiger partial charge in [-0.15, -0.1) is 0 Å². The van der Waals surface area contributed by atoms with E-state index >= 15 is 0 Å². The summed E-state index contributed by atoms with van der Waals surface area (Å²) in [5, 5.41) is 8.83. The maximum Gasteiger partial charge on any atom is 0.241 e. The van der Waals surface area contributed by atoms with Crippen LogP contribution in [0.3, 0.4) is 0 Å². The van der Waals surface area contributed by atoms with E-state index < -0.39 is 0 Å². The lowest BCUT2D eigenvalue weighted by Gasteiger charge is -2.17. The number of ether oxygens (including phenoxy) is 1. The largest absolute Gasteiger partial charge is 0.489 e. The molecule has 0 fully saturated rings.